The second-order valence-corrected chi connectivity index (χ2v) is 7.35. The molecule has 2 nitrogen and oxygen atoms in total. The number of pyridine rings is 1. The lowest BCUT2D eigenvalue weighted by Crippen LogP contribution is -2.40. The molecule has 1 N–H and O–H groups in total. The third kappa shape index (κ3) is 5.24. The Morgan fingerprint density at radius 1 is 1.15 bits per heavy atom. The van der Waals surface area contributed by atoms with Crippen molar-refractivity contribution in [2.24, 2.45) is 11.8 Å². The number of aromatic nitrogens is 1. The van der Waals surface area contributed by atoms with E-state index in [2.05, 4.69) is 43.2 Å². The predicted octanol–water partition coefficient (Wildman–Crippen LogP) is 4.21. The van der Waals surface area contributed by atoms with Crippen molar-refractivity contribution in [1.29, 1.82) is 0 Å². The Hall–Kier alpha value is -0.890. The summed E-state index contributed by atoms with van der Waals surface area (Å²) in [5.41, 5.74) is 1.63. The third-order valence-corrected chi connectivity index (χ3v) is 4.43. The molecule has 112 valence electrons. The third-order valence-electron chi connectivity index (χ3n) is 4.43. The second-order valence-electron chi connectivity index (χ2n) is 7.35. The van der Waals surface area contributed by atoms with Gasteiger partial charge in [-0.05, 0) is 70.0 Å². The van der Waals surface area contributed by atoms with E-state index in [4.69, 9.17) is 0 Å². The molecule has 0 radical (unpaired) electrons. The zero-order chi connectivity index (χ0) is 14.4. The van der Waals surface area contributed by atoms with Crippen molar-refractivity contribution in [1.82, 2.24) is 10.3 Å². The fraction of sp³-hybridized carbons (Fsp3) is 0.722. The average molecular weight is 274 g/mol. The van der Waals surface area contributed by atoms with Gasteiger partial charge in [-0.15, -0.1) is 0 Å². The van der Waals surface area contributed by atoms with Gasteiger partial charge in [-0.2, -0.15) is 0 Å². The van der Waals surface area contributed by atoms with E-state index >= 15 is 0 Å². The monoisotopic (exact) mass is 274 g/mol. The largest absolute Gasteiger partial charge is 0.312 e. The van der Waals surface area contributed by atoms with Crippen LogP contribution in [0.15, 0.2) is 24.5 Å². The van der Waals surface area contributed by atoms with Crippen LogP contribution in [0, 0.1) is 11.8 Å². The Morgan fingerprint density at radius 2 is 1.90 bits per heavy atom. The molecule has 0 bridgehead atoms. The van der Waals surface area contributed by atoms with Crippen LogP contribution in [0.25, 0.3) is 0 Å². The van der Waals surface area contributed by atoms with Crippen molar-refractivity contribution in [3.8, 4) is 0 Å². The molecule has 1 aliphatic rings. The molecule has 1 aromatic heterocycles. The van der Waals surface area contributed by atoms with E-state index in [9.17, 15) is 0 Å². The number of rotatable bonds is 4. The van der Waals surface area contributed by atoms with Gasteiger partial charge in [-0.25, -0.2) is 0 Å². The highest BCUT2D eigenvalue weighted by Gasteiger charge is 2.25. The average Bonchev–Trinajstić information content (AvgIpc) is 2.62. The first kappa shape index (κ1) is 15.5. The lowest BCUT2D eigenvalue weighted by atomic mass is 9.83. The Kier molecular flexibility index (Phi) is 5.59. The van der Waals surface area contributed by atoms with Gasteiger partial charge in [-0.1, -0.05) is 25.3 Å². The molecule has 2 atom stereocenters. The summed E-state index contributed by atoms with van der Waals surface area (Å²) in [6, 6.07) is 4.29. The van der Waals surface area contributed by atoms with Crippen LogP contribution in [0.3, 0.4) is 0 Å². The zero-order valence-corrected chi connectivity index (χ0v) is 13.4. The van der Waals surface area contributed by atoms with Crippen LogP contribution in [0.2, 0.25) is 0 Å². The van der Waals surface area contributed by atoms with Gasteiger partial charge in [-0.3, -0.25) is 4.98 Å². The molecule has 1 aromatic rings. The lowest BCUT2D eigenvalue weighted by Gasteiger charge is -2.30. The molecule has 2 rings (SSSR count). The van der Waals surface area contributed by atoms with Crippen molar-refractivity contribution >= 4 is 0 Å². The van der Waals surface area contributed by atoms with Gasteiger partial charge in [0.05, 0.1) is 0 Å². The minimum absolute atomic E-state index is 0.227. The van der Waals surface area contributed by atoms with E-state index < -0.39 is 0 Å². The highest BCUT2D eigenvalue weighted by Crippen LogP contribution is 2.31. The van der Waals surface area contributed by atoms with E-state index in [1.807, 2.05) is 12.4 Å². The molecular formula is C18H30N2. The van der Waals surface area contributed by atoms with Crippen molar-refractivity contribution < 1.29 is 0 Å². The summed E-state index contributed by atoms with van der Waals surface area (Å²) in [7, 11) is 0. The quantitative estimate of drug-likeness (QED) is 0.832. The first-order chi connectivity index (χ1) is 9.54. The lowest BCUT2D eigenvalue weighted by molar-refractivity contribution is 0.269. The highest BCUT2D eigenvalue weighted by molar-refractivity contribution is 5.09. The Balaban J connectivity index is 1.97. The maximum atomic E-state index is 4.27. The van der Waals surface area contributed by atoms with Gasteiger partial charge in [0.1, 0.15) is 0 Å². The number of nitrogens with one attached hydrogen (secondary N) is 1. The van der Waals surface area contributed by atoms with E-state index in [0.717, 1.165) is 18.4 Å². The maximum Gasteiger partial charge on any atom is 0.0299 e. The van der Waals surface area contributed by atoms with Crippen molar-refractivity contribution in [3.63, 3.8) is 0 Å². The summed E-state index contributed by atoms with van der Waals surface area (Å²) in [4.78, 5) is 4.27. The van der Waals surface area contributed by atoms with Gasteiger partial charge in [0.15, 0.2) is 0 Å². The summed E-state index contributed by atoms with van der Waals surface area (Å²) in [5, 5.41) is 3.72. The number of hydrogen-bond acceptors (Lipinski definition) is 2. The van der Waals surface area contributed by atoms with Gasteiger partial charge in [0.2, 0.25) is 0 Å². The Bertz CT molecular complexity index is 380. The van der Waals surface area contributed by atoms with Crippen molar-refractivity contribution in [3.05, 3.63) is 30.1 Å². The zero-order valence-electron chi connectivity index (χ0n) is 13.4. The van der Waals surface area contributed by atoms with Crippen molar-refractivity contribution in [2.75, 3.05) is 6.54 Å². The molecule has 0 spiro atoms. The minimum atomic E-state index is 0.227. The standard InChI is InChI=1S/C18H30N2/c1-18(2,3)20-14-17-10-6-4-5-9-16(17)12-15-8-7-11-19-13-15/h7-8,11,13,16-17,20H,4-6,9-10,12,14H2,1-3H3. The van der Waals surface area contributed by atoms with Crippen LogP contribution in [-0.2, 0) is 6.42 Å². The highest BCUT2D eigenvalue weighted by atomic mass is 14.9. The van der Waals surface area contributed by atoms with E-state index in [0.29, 0.717) is 0 Å². The molecule has 2 unspecified atom stereocenters. The van der Waals surface area contributed by atoms with Crippen molar-refractivity contribution in [2.45, 2.75) is 64.8 Å². The van der Waals surface area contributed by atoms with Gasteiger partial charge < -0.3 is 5.32 Å². The SMILES string of the molecule is CC(C)(C)NCC1CCCCCC1Cc1cccnc1. The molecular weight excluding hydrogens is 244 g/mol. The van der Waals surface area contributed by atoms with Crippen LogP contribution in [0.5, 0.6) is 0 Å². The second kappa shape index (κ2) is 7.21. The maximum absolute atomic E-state index is 4.27. The molecule has 20 heavy (non-hydrogen) atoms. The fourth-order valence-electron chi connectivity index (χ4n) is 3.26. The molecule has 1 fully saturated rings. The molecule has 0 amide bonds. The molecule has 1 heterocycles. The summed E-state index contributed by atoms with van der Waals surface area (Å²) < 4.78 is 0. The molecule has 0 aliphatic heterocycles. The normalized spacial score (nSPS) is 24.4. The van der Waals surface area contributed by atoms with Crippen LogP contribution in [0.4, 0.5) is 0 Å². The first-order valence-corrected chi connectivity index (χ1v) is 8.18. The molecule has 1 aliphatic carbocycles. The van der Waals surface area contributed by atoms with E-state index in [1.54, 1.807) is 0 Å². The Labute approximate surface area is 124 Å². The smallest absolute Gasteiger partial charge is 0.0299 e. The summed E-state index contributed by atoms with van der Waals surface area (Å²) in [6.45, 7) is 7.95. The molecule has 1 saturated carbocycles. The summed E-state index contributed by atoms with van der Waals surface area (Å²) in [5.74, 6) is 1.63. The van der Waals surface area contributed by atoms with Gasteiger partial charge >= 0.3 is 0 Å². The van der Waals surface area contributed by atoms with Crippen LogP contribution < -0.4 is 5.32 Å². The van der Waals surface area contributed by atoms with Crippen LogP contribution in [0.1, 0.15) is 58.4 Å². The molecule has 2 heteroatoms. The van der Waals surface area contributed by atoms with Gasteiger partial charge in [0, 0.05) is 17.9 Å². The Morgan fingerprint density at radius 3 is 2.55 bits per heavy atom. The van der Waals surface area contributed by atoms with Gasteiger partial charge in [0.25, 0.3) is 0 Å². The summed E-state index contributed by atoms with van der Waals surface area (Å²) >= 11 is 0. The van der Waals surface area contributed by atoms with Crippen LogP contribution >= 0.6 is 0 Å². The fourth-order valence-corrected chi connectivity index (χ4v) is 3.26. The topological polar surface area (TPSA) is 24.9 Å². The predicted molar refractivity (Wildman–Crippen MR) is 85.8 cm³/mol. The first-order valence-electron chi connectivity index (χ1n) is 8.18. The molecule has 0 saturated heterocycles. The van der Waals surface area contributed by atoms with E-state index in [-0.39, 0.29) is 5.54 Å². The summed E-state index contributed by atoms with van der Waals surface area (Å²) in [6.07, 6.45) is 12.1. The minimum Gasteiger partial charge on any atom is -0.312 e. The number of hydrogen-bond donors (Lipinski definition) is 1. The van der Waals surface area contributed by atoms with Crippen LogP contribution in [-0.4, -0.2) is 17.1 Å². The van der Waals surface area contributed by atoms with E-state index in [1.165, 1.54) is 44.1 Å². The number of nitrogens with zero attached hydrogens (tertiary/aromatic N) is 1. The molecule has 0 aromatic carbocycles.